The SMILES string of the molecule is CCCC(C)(C)N1Cc2cncnc2C1. The maximum atomic E-state index is 4.33. The molecule has 0 aromatic carbocycles. The second-order valence-corrected chi connectivity index (χ2v) is 4.91. The molecule has 0 radical (unpaired) electrons. The predicted molar refractivity (Wildman–Crippen MR) is 60.3 cm³/mol. The molecule has 0 saturated carbocycles. The van der Waals surface area contributed by atoms with Crippen molar-refractivity contribution in [3.05, 3.63) is 23.8 Å². The van der Waals surface area contributed by atoms with Gasteiger partial charge in [0, 0.05) is 30.4 Å². The van der Waals surface area contributed by atoms with E-state index in [0.717, 1.165) is 13.1 Å². The van der Waals surface area contributed by atoms with Crippen LogP contribution in [0.3, 0.4) is 0 Å². The summed E-state index contributed by atoms with van der Waals surface area (Å²) in [6.45, 7) is 8.85. The fraction of sp³-hybridized carbons (Fsp3) is 0.667. The molecule has 2 heterocycles. The average Bonchev–Trinajstić information content (AvgIpc) is 2.61. The van der Waals surface area contributed by atoms with Gasteiger partial charge in [0.25, 0.3) is 0 Å². The predicted octanol–water partition coefficient (Wildman–Crippen LogP) is 2.37. The van der Waals surface area contributed by atoms with E-state index < -0.39 is 0 Å². The van der Waals surface area contributed by atoms with Crippen LogP contribution in [-0.4, -0.2) is 20.4 Å². The van der Waals surface area contributed by atoms with Crippen molar-refractivity contribution >= 4 is 0 Å². The molecular formula is C12H19N3. The van der Waals surface area contributed by atoms with Crippen LogP contribution in [0.25, 0.3) is 0 Å². The number of rotatable bonds is 3. The molecule has 3 heteroatoms. The summed E-state index contributed by atoms with van der Waals surface area (Å²) in [5.74, 6) is 0. The maximum absolute atomic E-state index is 4.33. The van der Waals surface area contributed by atoms with Gasteiger partial charge in [-0.2, -0.15) is 0 Å². The Morgan fingerprint density at radius 3 is 2.87 bits per heavy atom. The third-order valence-electron chi connectivity index (χ3n) is 3.30. The Bertz CT molecular complexity index is 321. The molecule has 1 aromatic rings. The lowest BCUT2D eigenvalue weighted by Gasteiger charge is -2.35. The van der Waals surface area contributed by atoms with E-state index in [1.54, 1.807) is 6.33 Å². The smallest absolute Gasteiger partial charge is 0.115 e. The highest BCUT2D eigenvalue weighted by atomic mass is 15.2. The summed E-state index contributed by atoms with van der Waals surface area (Å²) in [6.07, 6.45) is 6.06. The zero-order valence-electron chi connectivity index (χ0n) is 9.82. The standard InChI is InChI=1S/C12H19N3/c1-4-5-12(2,3)15-7-10-6-13-9-14-11(10)8-15/h6,9H,4-5,7-8H2,1-3H3. The molecule has 15 heavy (non-hydrogen) atoms. The molecule has 0 aliphatic carbocycles. The highest BCUT2D eigenvalue weighted by Gasteiger charge is 2.31. The van der Waals surface area contributed by atoms with E-state index in [1.165, 1.54) is 24.1 Å². The first kappa shape index (κ1) is 10.6. The summed E-state index contributed by atoms with van der Waals surface area (Å²) in [5.41, 5.74) is 2.77. The molecule has 2 rings (SSSR count). The van der Waals surface area contributed by atoms with Gasteiger partial charge in [-0.1, -0.05) is 13.3 Å². The Kier molecular flexibility index (Phi) is 2.74. The van der Waals surface area contributed by atoms with Gasteiger partial charge in [-0.15, -0.1) is 0 Å². The van der Waals surface area contributed by atoms with Crippen molar-refractivity contribution in [2.75, 3.05) is 0 Å². The number of hydrogen-bond acceptors (Lipinski definition) is 3. The lowest BCUT2D eigenvalue weighted by atomic mass is 9.97. The zero-order valence-corrected chi connectivity index (χ0v) is 9.82. The van der Waals surface area contributed by atoms with E-state index in [0.29, 0.717) is 0 Å². The normalized spacial score (nSPS) is 16.7. The molecule has 0 bridgehead atoms. The van der Waals surface area contributed by atoms with Crippen LogP contribution in [0.2, 0.25) is 0 Å². The monoisotopic (exact) mass is 205 g/mol. The summed E-state index contributed by atoms with van der Waals surface area (Å²) >= 11 is 0. The van der Waals surface area contributed by atoms with Crippen LogP contribution < -0.4 is 0 Å². The fourth-order valence-corrected chi connectivity index (χ4v) is 2.30. The summed E-state index contributed by atoms with van der Waals surface area (Å²) in [4.78, 5) is 10.9. The van der Waals surface area contributed by atoms with Crippen LogP contribution in [0.1, 0.15) is 44.9 Å². The van der Waals surface area contributed by atoms with Crippen molar-refractivity contribution in [1.82, 2.24) is 14.9 Å². The first-order chi connectivity index (χ1) is 7.13. The largest absolute Gasteiger partial charge is 0.288 e. The Morgan fingerprint density at radius 2 is 2.20 bits per heavy atom. The first-order valence-corrected chi connectivity index (χ1v) is 5.66. The van der Waals surface area contributed by atoms with Crippen LogP contribution >= 0.6 is 0 Å². The molecule has 0 atom stereocenters. The van der Waals surface area contributed by atoms with E-state index in [9.17, 15) is 0 Å². The Balaban J connectivity index is 2.13. The second kappa shape index (κ2) is 3.89. The van der Waals surface area contributed by atoms with E-state index in [2.05, 4.69) is 35.6 Å². The molecule has 0 fully saturated rings. The lowest BCUT2D eigenvalue weighted by Crippen LogP contribution is -2.40. The summed E-state index contributed by atoms with van der Waals surface area (Å²) in [5, 5.41) is 0. The molecule has 3 nitrogen and oxygen atoms in total. The zero-order chi connectivity index (χ0) is 10.9. The Morgan fingerprint density at radius 1 is 1.40 bits per heavy atom. The van der Waals surface area contributed by atoms with Gasteiger partial charge in [0.15, 0.2) is 0 Å². The van der Waals surface area contributed by atoms with Crippen LogP contribution in [0.4, 0.5) is 0 Å². The van der Waals surface area contributed by atoms with Crippen molar-refractivity contribution in [3.8, 4) is 0 Å². The van der Waals surface area contributed by atoms with Gasteiger partial charge in [-0.3, -0.25) is 4.90 Å². The van der Waals surface area contributed by atoms with Crippen molar-refractivity contribution in [2.45, 2.75) is 52.2 Å². The van der Waals surface area contributed by atoms with Gasteiger partial charge in [0.1, 0.15) is 6.33 Å². The van der Waals surface area contributed by atoms with E-state index in [1.807, 2.05) is 6.20 Å². The molecular weight excluding hydrogens is 186 g/mol. The van der Waals surface area contributed by atoms with Gasteiger partial charge in [-0.25, -0.2) is 9.97 Å². The summed E-state index contributed by atoms with van der Waals surface area (Å²) < 4.78 is 0. The second-order valence-electron chi connectivity index (χ2n) is 4.91. The van der Waals surface area contributed by atoms with Gasteiger partial charge >= 0.3 is 0 Å². The quantitative estimate of drug-likeness (QED) is 0.758. The minimum Gasteiger partial charge on any atom is -0.288 e. The first-order valence-electron chi connectivity index (χ1n) is 5.66. The topological polar surface area (TPSA) is 29.0 Å². The minimum absolute atomic E-state index is 0.273. The molecule has 0 unspecified atom stereocenters. The number of aromatic nitrogens is 2. The highest BCUT2D eigenvalue weighted by Crippen LogP contribution is 2.30. The summed E-state index contributed by atoms with van der Waals surface area (Å²) in [7, 11) is 0. The van der Waals surface area contributed by atoms with Crippen LogP contribution in [0.5, 0.6) is 0 Å². The molecule has 1 aliphatic rings. The molecule has 1 aromatic heterocycles. The Hall–Kier alpha value is -0.960. The summed E-state index contributed by atoms with van der Waals surface area (Å²) in [6, 6.07) is 0. The van der Waals surface area contributed by atoms with Crippen molar-refractivity contribution in [2.24, 2.45) is 0 Å². The lowest BCUT2D eigenvalue weighted by molar-refractivity contribution is 0.108. The highest BCUT2D eigenvalue weighted by molar-refractivity contribution is 5.21. The fourth-order valence-electron chi connectivity index (χ4n) is 2.30. The van der Waals surface area contributed by atoms with Gasteiger partial charge < -0.3 is 0 Å². The molecule has 0 N–H and O–H groups in total. The third-order valence-corrected chi connectivity index (χ3v) is 3.30. The van der Waals surface area contributed by atoms with Crippen molar-refractivity contribution in [3.63, 3.8) is 0 Å². The number of hydrogen-bond donors (Lipinski definition) is 0. The van der Waals surface area contributed by atoms with Crippen LogP contribution in [-0.2, 0) is 13.1 Å². The van der Waals surface area contributed by atoms with Gasteiger partial charge in [-0.05, 0) is 20.3 Å². The maximum Gasteiger partial charge on any atom is 0.115 e. The minimum atomic E-state index is 0.273. The number of nitrogens with zero attached hydrogens (tertiary/aromatic N) is 3. The molecule has 82 valence electrons. The molecule has 0 amide bonds. The van der Waals surface area contributed by atoms with Crippen LogP contribution in [0.15, 0.2) is 12.5 Å². The van der Waals surface area contributed by atoms with Gasteiger partial charge in [0.05, 0.1) is 5.69 Å². The third kappa shape index (κ3) is 2.02. The van der Waals surface area contributed by atoms with Crippen molar-refractivity contribution in [1.29, 1.82) is 0 Å². The average molecular weight is 205 g/mol. The van der Waals surface area contributed by atoms with Crippen molar-refractivity contribution < 1.29 is 0 Å². The molecule has 1 aliphatic heterocycles. The van der Waals surface area contributed by atoms with E-state index >= 15 is 0 Å². The molecule has 0 spiro atoms. The van der Waals surface area contributed by atoms with Gasteiger partial charge in [0.2, 0.25) is 0 Å². The molecule has 0 saturated heterocycles. The van der Waals surface area contributed by atoms with E-state index in [4.69, 9.17) is 0 Å². The van der Waals surface area contributed by atoms with Crippen LogP contribution in [0, 0.1) is 0 Å². The number of fused-ring (bicyclic) bond motifs is 1. The Labute approximate surface area is 91.5 Å². The van der Waals surface area contributed by atoms with E-state index in [-0.39, 0.29) is 5.54 Å².